The maximum absolute atomic E-state index is 12.5. The van der Waals surface area contributed by atoms with E-state index in [9.17, 15) is 9.59 Å². The summed E-state index contributed by atoms with van der Waals surface area (Å²) in [4.78, 5) is 30.1. The number of likely N-dealkylation sites (tertiary alicyclic amines) is 1. The number of benzene rings is 1. The first-order chi connectivity index (χ1) is 11.5. The number of nitrogens with two attached hydrogens (primary N) is 1. The summed E-state index contributed by atoms with van der Waals surface area (Å²) < 4.78 is 0. The lowest BCUT2D eigenvalue weighted by Gasteiger charge is -2.23. The van der Waals surface area contributed by atoms with Crippen LogP contribution in [-0.4, -0.2) is 33.2 Å². The number of pyridine rings is 1. The zero-order valence-corrected chi connectivity index (χ0v) is 13.5. The van der Waals surface area contributed by atoms with E-state index in [1.165, 1.54) is 11.0 Å². The molecule has 1 aromatic carbocycles. The first kappa shape index (κ1) is 16.2. The minimum Gasteiger partial charge on any atom is -0.366 e. The van der Waals surface area contributed by atoms with Crippen molar-refractivity contribution in [1.82, 2.24) is 9.88 Å². The molecule has 0 bridgehead atoms. The van der Waals surface area contributed by atoms with E-state index in [1.54, 1.807) is 24.3 Å². The molecule has 1 saturated heterocycles. The van der Waals surface area contributed by atoms with Gasteiger partial charge in [0.15, 0.2) is 0 Å². The third-order valence-electron chi connectivity index (χ3n) is 4.12. The Kier molecular flexibility index (Phi) is 4.36. The van der Waals surface area contributed by atoms with Gasteiger partial charge in [-0.15, -0.1) is 0 Å². The van der Waals surface area contributed by atoms with Crippen LogP contribution in [0.15, 0.2) is 30.3 Å². The van der Waals surface area contributed by atoms with Crippen molar-refractivity contribution < 1.29 is 9.59 Å². The highest BCUT2D eigenvalue weighted by molar-refractivity contribution is 6.21. The zero-order valence-electron chi connectivity index (χ0n) is 12.8. The van der Waals surface area contributed by atoms with Gasteiger partial charge in [-0.05, 0) is 25.0 Å². The molecular weight excluding hydrogens is 328 g/mol. The topological polar surface area (TPSA) is 100 Å². The average molecular weight is 343 g/mol. The van der Waals surface area contributed by atoms with Crippen molar-refractivity contribution in [3.05, 3.63) is 41.6 Å². The van der Waals surface area contributed by atoms with Crippen LogP contribution in [0.2, 0.25) is 0 Å². The van der Waals surface area contributed by atoms with Gasteiger partial charge in [-0.1, -0.05) is 29.8 Å². The zero-order chi connectivity index (χ0) is 17.3. The smallest absolute Gasteiger partial charge is 0.249 e. The van der Waals surface area contributed by atoms with Crippen molar-refractivity contribution in [3.63, 3.8) is 0 Å². The Morgan fingerprint density at radius 3 is 2.83 bits per heavy atom. The fourth-order valence-corrected chi connectivity index (χ4v) is 3.37. The van der Waals surface area contributed by atoms with Crippen molar-refractivity contribution in [3.8, 4) is 6.07 Å². The number of nitriles is 1. The van der Waals surface area contributed by atoms with Crippen LogP contribution < -0.4 is 5.73 Å². The van der Waals surface area contributed by atoms with Gasteiger partial charge < -0.3 is 10.6 Å². The highest BCUT2D eigenvalue weighted by Gasteiger charge is 2.35. The maximum Gasteiger partial charge on any atom is 0.249 e. The number of alkyl halides is 1. The number of carbonyl (C=O) groups excluding carboxylic acids is 2. The summed E-state index contributed by atoms with van der Waals surface area (Å²) in [6, 6.07) is 10.2. The minimum atomic E-state index is -0.575. The predicted octanol–water partition coefficient (Wildman–Crippen LogP) is 1.96. The second kappa shape index (κ2) is 6.46. The largest absolute Gasteiger partial charge is 0.366 e. The molecule has 122 valence electrons. The Morgan fingerprint density at radius 1 is 1.38 bits per heavy atom. The van der Waals surface area contributed by atoms with Gasteiger partial charge >= 0.3 is 0 Å². The van der Waals surface area contributed by atoms with Crippen molar-refractivity contribution >= 4 is 34.3 Å². The van der Waals surface area contributed by atoms with E-state index in [0.29, 0.717) is 35.0 Å². The van der Waals surface area contributed by atoms with Crippen LogP contribution in [0.4, 0.5) is 0 Å². The molecule has 24 heavy (non-hydrogen) atoms. The molecule has 2 N–H and O–H groups in total. The Balaban J connectivity index is 1.94. The predicted molar refractivity (Wildman–Crippen MR) is 89.1 cm³/mol. The third-order valence-corrected chi connectivity index (χ3v) is 4.55. The number of rotatable bonds is 3. The number of carbonyl (C=O) groups is 2. The van der Waals surface area contributed by atoms with Crippen LogP contribution in [0, 0.1) is 11.3 Å². The summed E-state index contributed by atoms with van der Waals surface area (Å²) in [6.45, 7) is 0. The molecular formula is C17H15ClN4O2. The molecule has 2 heterocycles. The van der Waals surface area contributed by atoms with Crippen LogP contribution in [0.3, 0.4) is 0 Å². The molecule has 2 atom stereocenters. The van der Waals surface area contributed by atoms with Crippen molar-refractivity contribution in [2.45, 2.75) is 30.8 Å². The Morgan fingerprint density at radius 2 is 2.12 bits per heavy atom. The Labute approximate surface area is 143 Å². The lowest BCUT2D eigenvalue weighted by atomic mass is 10.1. The number of nitrogens with zero attached hydrogens (tertiary/aromatic N) is 3. The molecule has 1 aliphatic rings. The average Bonchev–Trinajstić information content (AvgIpc) is 2.94. The number of hydrogen-bond acceptors (Lipinski definition) is 4. The number of halogens is 1. The van der Waals surface area contributed by atoms with Crippen molar-refractivity contribution in [1.29, 1.82) is 5.26 Å². The van der Waals surface area contributed by atoms with E-state index < -0.39 is 17.5 Å². The van der Waals surface area contributed by atoms with E-state index in [2.05, 4.69) is 11.1 Å². The molecule has 6 nitrogen and oxygen atoms in total. The molecule has 0 radical (unpaired) electrons. The molecule has 0 unspecified atom stereocenters. The van der Waals surface area contributed by atoms with Gasteiger partial charge in [-0.2, -0.15) is 5.26 Å². The van der Waals surface area contributed by atoms with Gasteiger partial charge in [-0.3, -0.25) is 14.6 Å². The maximum atomic E-state index is 12.5. The lowest BCUT2D eigenvalue weighted by Crippen LogP contribution is -2.39. The van der Waals surface area contributed by atoms with Crippen molar-refractivity contribution in [2.24, 2.45) is 5.73 Å². The molecule has 0 spiro atoms. The van der Waals surface area contributed by atoms with Crippen molar-refractivity contribution in [2.75, 3.05) is 0 Å². The molecule has 1 fully saturated rings. The summed E-state index contributed by atoms with van der Waals surface area (Å²) in [5, 5.41) is 9.79. The van der Waals surface area contributed by atoms with Crippen LogP contribution in [-0.2, 0) is 11.2 Å². The molecule has 2 aromatic rings. The first-order valence-corrected chi connectivity index (χ1v) is 7.98. The number of para-hydroxylation sites is 1. The van der Waals surface area contributed by atoms with Gasteiger partial charge in [0.25, 0.3) is 0 Å². The van der Waals surface area contributed by atoms with E-state index in [4.69, 9.17) is 22.6 Å². The van der Waals surface area contributed by atoms with E-state index >= 15 is 0 Å². The highest BCUT2D eigenvalue weighted by Crippen LogP contribution is 2.27. The van der Waals surface area contributed by atoms with Crippen LogP contribution >= 0.6 is 11.6 Å². The summed E-state index contributed by atoms with van der Waals surface area (Å²) in [5.74, 6) is -0.856. The number of amides is 2. The Bertz CT molecular complexity index is 861. The standard InChI is InChI=1S/C17H15ClN4O2/c18-15-6-5-11(9-19)22(15)16(23)8-10-7-13(17(20)24)12-3-1-2-4-14(12)21-10/h1-4,7,11,15H,5-6,8H2,(H2,20,24)/t11-,15+/m0/s1. The van der Waals surface area contributed by atoms with E-state index in [0.717, 1.165) is 0 Å². The highest BCUT2D eigenvalue weighted by atomic mass is 35.5. The van der Waals surface area contributed by atoms with Gasteiger partial charge in [0.05, 0.1) is 29.3 Å². The molecule has 7 heteroatoms. The van der Waals surface area contributed by atoms with Gasteiger partial charge in [0.2, 0.25) is 11.8 Å². The lowest BCUT2D eigenvalue weighted by molar-refractivity contribution is -0.131. The monoisotopic (exact) mass is 342 g/mol. The van der Waals surface area contributed by atoms with Crippen LogP contribution in [0.5, 0.6) is 0 Å². The molecule has 0 aliphatic carbocycles. The normalized spacial score (nSPS) is 20.1. The fourth-order valence-electron chi connectivity index (χ4n) is 3.00. The molecule has 1 aliphatic heterocycles. The fraction of sp³-hybridized carbons (Fsp3) is 0.294. The van der Waals surface area contributed by atoms with Crippen LogP contribution in [0.1, 0.15) is 28.9 Å². The van der Waals surface area contributed by atoms with Gasteiger partial charge in [-0.25, -0.2) is 0 Å². The first-order valence-electron chi connectivity index (χ1n) is 7.54. The SMILES string of the molecule is N#C[C@@H]1CC[C@H](Cl)N1C(=O)Cc1cc(C(N)=O)c2ccccc2n1. The summed E-state index contributed by atoms with van der Waals surface area (Å²) >= 11 is 6.15. The summed E-state index contributed by atoms with van der Waals surface area (Å²) in [5.41, 5.74) is 6.30. The molecule has 0 saturated carbocycles. The molecule has 3 rings (SSSR count). The number of primary amides is 1. The molecule has 2 amide bonds. The minimum absolute atomic E-state index is 0.0352. The molecule has 1 aromatic heterocycles. The second-order valence-electron chi connectivity index (χ2n) is 5.68. The Hall–Kier alpha value is -2.65. The quantitative estimate of drug-likeness (QED) is 0.680. The van der Waals surface area contributed by atoms with Crippen LogP contribution in [0.25, 0.3) is 10.9 Å². The number of aromatic nitrogens is 1. The third kappa shape index (κ3) is 2.91. The summed E-state index contributed by atoms with van der Waals surface area (Å²) in [7, 11) is 0. The number of hydrogen-bond donors (Lipinski definition) is 1. The van der Waals surface area contributed by atoms with E-state index in [1.807, 2.05) is 0 Å². The second-order valence-corrected chi connectivity index (χ2v) is 6.18. The number of fused-ring (bicyclic) bond motifs is 1. The van der Waals surface area contributed by atoms with Gasteiger partial charge in [0, 0.05) is 5.39 Å². The van der Waals surface area contributed by atoms with Gasteiger partial charge in [0.1, 0.15) is 11.5 Å². The summed E-state index contributed by atoms with van der Waals surface area (Å²) in [6.07, 6.45) is 1.11. The van der Waals surface area contributed by atoms with E-state index in [-0.39, 0.29) is 12.3 Å².